The lowest BCUT2D eigenvalue weighted by molar-refractivity contribution is 0.248. The maximum atomic E-state index is 5.69. The van der Waals surface area contributed by atoms with Gasteiger partial charge in [0.2, 0.25) is 0 Å². The number of nitrogens with zero attached hydrogens (tertiary/aromatic N) is 1. The minimum atomic E-state index is 0.513. The van der Waals surface area contributed by atoms with Crippen LogP contribution in [0.15, 0.2) is 36.9 Å². The van der Waals surface area contributed by atoms with Gasteiger partial charge in [-0.15, -0.1) is 6.58 Å². The van der Waals surface area contributed by atoms with Crippen molar-refractivity contribution in [1.82, 2.24) is 4.90 Å². The molecule has 1 aromatic carbocycles. The molecule has 0 heterocycles. The van der Waals surface area contributed by atoms with Crippen molar-refractivity contribution in [1.29, 1.82) is 0 Å². The second kappa shape index (κ2) is 7.04. The molecule has 0 aliphatic carbocycles. The van der Waals surface area contributed by atoms with Gasteiger partial charge in [-0.2, -0.15) is 0 Å². The molecule has 3 heteroatoms. The van der Waals surface area contributed by atoms with Gasteiger partial charge in [-0.25, -0.2) is 0 Å². The van der Waals surface area contributed by atoms with E-state index >= 15 is 0 Å². The molecule has 0 spiro atoms. The summed E-state index contributed by atoms with van der Waals surface area (Å²) in [6, 6.07) is 7.87. The van der Waals surface area contributed by atoms with Crippen LogP contribution in [0.25, 0.3) is 0 Å². The van der Waals surface area contributed by atoms with E-state index in [2.05, 4.69) is 11.5 Å². The predicted molar refractivity (Wildman–Crippen MR) is 67.5 cm³/mol. The Morgan fingerprint density at radius 1 is 1.44 bits per heavy atom. The molecule has 0 amide bonds. The molecule has 0 bridgehead atoms. The Morgan fingerprint density at radius 2 is 2.19 bits per heavy atom. The lowest BCUT2D eigenvalue weighted by Crippen LogP contribution is -2.24. The fraction of sp³-hybridized carbons (Fsp3) is 0.385. The second-order valence-electron chi connectivity index (χ2n) is 3.71. The molecule has 0 unspecified atom stereocenters. The number of hydrogen-bond acceptors (Lipinski definition) is 3. The van der Waals surface area contributed by atoms with Crippen LogP contribution in [-0.4, -0.2) is 31.6 Å². The first kappa shape index (κ1) is 12.7. The second-order valence-corrected chi connectivity index (χ2v) is 3.71. The predicted octanol–water partition coefficient (Wildman–Crippen LogP) is 1.64. The van der Waals surface area contributed by atoms with Gasteiger partial charge in [-0.3, -0.25) is 4.90 Å². The van der Waals surface area contributed by atoms with Crippen molar-refractivity contribution in [2.75, 3.05) is 26.7 Å². The van der Waals surface area contributed by atoms with Crippen molar-refractivity contribution >= 4 is 0 Å². The van der Waals surface area contributed by atoms with E-state index in [1.807, 2.05) is 37.4 Å². The first-order valence-electron chi connectivity index (χ1n) is 5.48. The van der Waals surface area contributed by atoms with Gasteiger partial charge >= 0.3 is 0 Å². The molecular weight excluding hydrogens is 200 g/mol. The van der Waals surface area contributed by atoms with Crippen LogP contribution in [0, 0.1) is 0 Å². The molecule has 2 N–H and O–H groups in total. The van der Waals surface area contributed by atoms with E-state index in [1.54, 1.807) is 0 Å². The molecule has 16 heavy (non-hydrogen) atoms. The summed E-state index contributed by atoms with van der Waals surface area (Å²) in [5, 5.41) is 0. The Balaban J connectivity index is 2.39. The number of likely N-dealkylation sites (N-methyl/N-ethyl adjacent to an activating group) is 1. The third kappa shape index (κ3) is 4.04. The molecule has 0 fully saturated rings. The van der Waals surface area contributed by atoms with Gasteiger partial charge in [0, 0.05) is 25.2 Å². The molecule has 0 aromatic heterocycles. The van der Waals surface area contributed by atoms with Crippen LogP contribution in [0.4, 0.5) is 0 Å². The zero-order valence-electron chi connectivity index (χ0n) is 9.86. The number of rotatable bonds is 7. The molecule has 3 nitrogen and oxygen atoms in total. The Hall–Kier alpha value is -1.32. The fourth-order valence-electron chi connectivity index (χ4n) is 1.44. The highest BCUT2D eigenvalue weighted by atomic mass is 16.5. The zero-order chi connectivity index (χ0) is 11.8. The van der Waals surface area contributed by atoms with Gasteiger partial charge < -0.3 is 10.5 Å². The van der Waals surface area contributed by atoms with Gasteiger partial charge in [0.05, 0.1) is 0 Å². The summed E-state index contributed by atoms with van der Waals surface area (Å²) in [6.07, 6.45) is 1.88. The Bertz CT molecular complexity index is 325. The van der Waals surface area contributed by atoms with E-state index in [-0.39, 0.29) is 0 Å². The SMILES string of the molecule is C=CCN(C)CCOc1ccccc1CN. The van der Waals surface area contributed by atoms with E-state index in [0.717, 1.165) is 24.4 Å². The summed E-state index contributed by atoms with van der Waals surface area (Å²) in [5.41, 5.74) is 6.68. The number of hydrogen-bond donors (Lipinski definition) is 1. The summed E-state index contributed by atoms with van der Waals surface area (Å²) in [6.45, 7) is 6.63. The number of para-hydroxylation sites is 1. The fourth-order valence-corrected chi connectivity index (χ4v) is 1.44. The summed E-state index contributed by atoms with van der Waals surface area (Å²) in [7, 11) is 2.04. The van der Waals surface area contributed by atoms with E-state index in [1.165, 1.54) is 0 Å². The first-order valence-corrected chi connectivity index (χ1v) is 5.48. The van der Waals surface area contributed by atoms with Crippen molar-refractivity contribution in [3.05, 3.63) is 42.5 Å². The third-order valence-corrected chi connectivity index (χ3v) is 2.36. The van der Waals surface area contributed by atoms with Crippen molar-refractivity contribution in [2.24, 2.45) is 5.73 Å². The van der Waals surface area contributed by atoms with E-state index in [9.17, 15) is 0 Å². The van der Waals surface area contributed by atoms with Gasteiger partial charge in [-0.05, 0) is 13.1 Å². The molecule has 0 saturated heterocycles. The molecule has 0 radical (unpaired) electrons. The average molecular weight is 220 g/mol. The van der Waals surface area contributed by atoms with Crippen molar-refractivity contribution < 1.29 is 4.74 Å². The molecule has 0 atom stereocenters. The van der Waals surface area contributed by atoms with Crippen LogP contribution in [0.2, 0.25) is 0 Å². The summed E-state index contributed by atoms with van der Waals surface area (Å²) in [4.78, 5) is 2.15. The van der Waals surface area contributed by atoms with Gasteiger partial charge in [0.25, 0.3) is 0 Å². The Labute approximate surface area is 97.5 Å². The Kier molecular flexibility index (Phi) is 5.61. The number of benzene rings is 1. The van der Waals surface area contributed by atoms with Gasteiger partial charge in [0.1, 0.15) is 12.4 Å². The average Bonchev–Trinajstić information content (AvgIpc) is 2.30. The van der Waals surface area contributed by atoms with E-state index in [4.69, 9.17) is 10.5 Å². The maximum Gasteiger partial charge on any atom is 0.123 e. The topological polar surface area (TPSA) is 38.5 Å². The monoisotopic (exact) mass is 220 g/mol. The Morgan fingerprint density at radius 3 is 2.88 bits per heavy atom. The van der Waals surface area contributed by atoms with Crippen LogP contribution in [0.5, 0.6) is 5.75 Å². The molecule has 0 saturated carbocycles. The minimum Gasteiger partial charge on any atom is -0.492 e. The molecule has 0 aliphatic rings. The van der Waals surface area contributed by atoms with Gasteiger partial charge in [-0.1, -0.05) is 24.3 Å². The highest BCUT2D eigenvalue weighted by molar-refractivity contribution is 5.32. The quantitative estimate of drug-likeness (QED) is 0.710. The highest BCUT2D eigenvalue weighted by Crippen LogP contribution is 2.16. The van der Waals surface area contributed by atoms with E-state index < -0.39 is 0 Å². The zero-order valence-corrected chi connectivity index (χ0v) is 9.86. The number of nitrogens with two attached hydrogens (primary N) is 1. The molecule has 0 aliphatic heterocycles. The van der Waals surface area contributed by atoms with Crippen LogP contribution in [0.3, 0.4) is 0 Å². The molecule has 88 valence electrons. The van der Waals surface area contributed by atoms with Gasteiger partial charge in [0.15, 0.2) is 0 Å². The van der Waals surface area contributed by atoms with Crippen molar-refractivity contribution in [2.45, 2.75) is 6.54 Å². The van der Waals surface area contributed by atoms with Crippen LogP contribution >= 0.6 is 0 Å². The lowest BCUT2D eigenvalue weighted by Gasteiger charge is -2.15. The van der Waals surface area contributed by atoms with Crippen molar-refractivity contribution in [3.63, 3.8) is 0 Å². The van der Waals surface area contributed by atoms with Crippen LogP contribution in [-0.2, 0) is 6.54 Å². The summed E-state index contributed by atoms with van der Waals surface area (Å²) in [5.74, 6) is 0.886. The molecular formula is C13H20N2O. The molecule has 1 rings (SSSR count). The lowest BCUT2D eigenvalue weighted by atomic mass is 10.2. The maximum absolute atomic E-state index is 5.69. The standard InChI is InChI=1S/C13H20N2O/c1-3-8-15(2)9-10-16-13-7-5-4-6-12(13)11-14/h3-7H,1,8-11,14H2,2H3. The van der Waals surface area contributed by atoms with E-state index in [0.29, 0.717) is 13.2 Å². The smallest absolute Gasteiger partial charge is 0.123 e. The van der Waals surface area contributed by atoms with Crippen molar-refractivity contribution in [3.8, 4) is 5.75 Å². The van der Waals surface area contributed by atoms with Crippen LogP contribution < -0.4 is 10.5 Å². The first-order chi connectivity index (χ1) is 7.77. The summed E-state index contributed by atoms with van der Waals surface area (Å²) >= 11 is 0. The molecule has 1 aromatic rings. The minimum absolute atomic E-state index is 0.513. The largest absolute Gasteiger partial charge is 0.492 e. The summed E-state index contributed by atoms with van der Waals surface area (Å²) < 4.78 is 5.69. The normalized spacial score (nSPS) is 10.4. The highest BCUT2D eigenvalue weighted by Gasteiger charge is 2.01. The third-order valence-electron chi connectivity index (χ3n) is 2.36. The van der Waals surface area contributed by atoms with Crippen LogP contribution in [0.1, 0.15) is 5.56 Å². The number of ether oxygens (including phenoxy) is 1.